The van der Waals surface area contributed by atoms with Crippen LogP contribution in [-0.4, -0.2) is 67.0 Å². The maximum atomic E-state index is 12.3. The topological polar surface area (TPSA) is 61.9 Å². The van der Waals surface area contributed by atoms with Crippen LogP contribution >= 0.6 is 11.3 Å². The van der Waals surface area contributed by atoms with Crippen LogP contribution in [0.3, 0.4) is 0 Å². The van der Waals surface area contributed by atoms with Crippen LogP contribution < -0.4 is 5.32 Å². The first-order valence-corrected chi connectivity index (χ1v) is 9.41. The summed E-state index contributed by atoms with van der Waals surface area (Å²) in [5.41, 5.74) is 0. The van der Waals surface area contributed by atoms with Crippen molar-refractivity contribution in [2.75, 3.05) is 39.4 Å². The third kappa shape index (κ3) is 4.55. The van der Waals surface area contributed by atoms with E-state index < -0.39 is 11.8 Å². The highest BCUT2D eigenvalue weighted by atomic mass is 32.1. The summed E-state index contributed by atoms with van der Waals surface area (Å²) in [7, 11) is 0. The van der Waals surface area contributed by atoms with Gasteiger partial charge in [-0.15, -0.1) is 11.3 Å². The lowest BCUT2D eigenvalue weighted by atomic mass is 10.1. The van der Waals surface area contributed by atoms with Crippen LogP contribution in [0, 0.1) is 0 Å². The summed E-state index contributed by atoms with van der Waals surface area (Å²) in [6.45, 7) is 9.83. The molecule has 1 fully saturated rings. The summed E-state index contributed by atoms with van der Waals surface area (Å²) in [5, 5.41) is 4.95. The van der Waals surface area contributed by atoms with Crippen molar-refractivity contribution in [2.24, 2.45) is 0 Å². The molecule has 2 atom stereocenters. The average Bonchev–Trinajstić information content (AvgIpc) is 3.11. The molecule has 0 bridgehead atoms. The van der Waals surface area contributed by atoms with Crippen LogP contribution in [0.2, 0.25) is 0 Å². The molecule has 0 radical (unpaired) electrons. The van der Waals surface area contributed by atoms with Gasteiger partial charge in [0.05, 0.1) is 19.3 Å². The lowest BCUT2D eigenvalue weighted by Gasteiger charge is -2.37. The van der Waals surface area contributed by atoms with E-state index in [-0.39, 0.29) is 12.1 Å². The number of morpholine rings is 1. The molecular weight excluding hydrogens is 326 g/mol. The highest BCUT2D eigenvalue weighted by Crippen LogP contribution is 2.29. The second-order valence-corrected chi connectivity index (χ2v) is 6.83. The zero-order valence-corrected chi connectivity index (χ0v) is 15.5. The van der Waals surface area contributed by atoms with E-state index in [0.29, 0.717) is 26.3 Å². The molecule has 0 aliphatic carbocycles. The van der Waals surface area contributed by atoms with E-state index in [0.717, 1.165) is 13.1 Å². The van der Waals surface area contributed by atoms with Crippen LogP contribution in [0.15, 0.2) is 17.5 Å². The lowest BCUT2D eigenvalue weighted by molar-refractivity contribution is -0.146. The highest BCUT2D eigenvalue weighted by Gasteiger charge is 2.31. The Morgan fingerprint density at radius 2 is 2.00 bits per heavy atom. The van der Waals surface area contributed by atoms with Gasteiger partial charge in [-0.25, -0.2) is 0 Å². The molecule has 6 nitrogen and oxygen atoms in total. The minimum Gasteiger partial charge on any atom is -0.379 e. The number of carbonyl (C=O) groups is 2. The van der Waals surface area contributed by atoms with E-state index in [1.165, 1.54) is 9.78 Å². The standard InChI is InChI=1S/C17H27N3O3S/c1-4-19(5-2)17(22)16(21)18-13(3)15(14-7-6-12-24-14)20-8-10-23-11-9-20/h6-7,12-13,15H,4-5,8-11H2,1-3H3,(H,18,21)/t13-,15-/m1/s1. The molecule has 0 unspecified atom stereocenters. The highest BCUT2D eigenvalue weighted by molar-refractivity contribution is 7.10. The van der Waals surface area contributed by atoms with Crippen molar-refractivity contribution >= 4 is 23.2 Å². The Labute approximate surface area is 147 Å². The number of hydrogen-bond donors (Lipinski definition) is 1. The maximum absolute atomic E-state index is 12.3. The normalized spacial score (nSPS) is 18.0. The Morgan fingerprint density at radius 1 is 1.33 bits per heavy atom. The number of nitrogens with one attached hydrogen (secondary N) is 1. The zero-order chi connectivity index (χ0) is 17.5. The molecule has 2 amide bonds. The van der Waals surface area contributed by atoms with Gasteiger partial charge in [-0.05, 0) is 32.2 Å². The molecule has 2 heterocycles. The minimum atomic E-state index is -0.527. The minimum absolute atomic E-state index is 0.0577. The van der Waals surface area contributed by atoms with Gasteiger partial charge in [-0.1, -0.05) is 6.07 Å². The second kappa shape index (κ2) is 9.15. The first-order valence-electron chi connectivity index (χ1n) is 8.53. The van der Waals surface area contributed by atoms with Gasteiger partial charge >= 0.3 is 11.8 Å². The molecule has 1 saturated heterocycles. The quantitative estimate of drug-likeness (QED) is 0.787. The number of likely N-dealkylation sites (N-methyl/N-ethyl adjacent to an activating group) is 1. The third-order valence-corrected chi connectivity index (χ3v) is 5.29. The van der Waals surface area contributed by atoms with Gasteiger partial charge in [0.15, 0.2) is 0 Å². The van der Waals surface area contributed by atoms with Gasteiger partial charge in [0.1, 0.15) is 0 Å². The van der Waals surface area contributed by atoms with Crippen molar-refractivity contribution in [1.29, 1.82) is 0 Å². The average molecular weight is 353 g/mol. The second-order valence-electron chi connectivity index (χ2n) is 5.85. The fourth-order valence-corrected chi connectivity index (χ4v) is 4.02. The maximum Gasteiger partial charge on any atom is 0.311 e. The van der Waals surface area contributed by atoms with Gasteiger partial charge in [-0.3, -0.25) is 14.5 Å². The van der Waals surface area contributed by atoms with Crippen LogP contribution in [-0.2, 0) is 14.3 Å². The molecule has 2 rings (SSSR count). The number of hydrogen-bond acceptors (Lipinski definition) is 5. The van der Waals surface area contributed by atoms with Crippen LogP contribution in [0.5, 0.6) is 0 Å². The number of thiophene rings is 1. The SMILES string of the molecule is CCN(CC)C(=O)C(=O)N[C@H](C)[C@H](c1cccs1)N1CCOCC1. The number of ether oxygens (including phenoxy) is 1. The summed E-state index contributed by atoms with van der Waals surface area (Å²) in [5.74, 6) is -0.986. The smallest absolute Gasteiger partial charge is 0.311 e. The van der Waals surface area contributed by atoms with Gasteiger partial charge in [0.25, 0.3) is 0 Å². The van der Waals surface area contributed by atoms with Gasteiger partial charge in [-0.2, -0.15) is 0 Å². The lowest BCUT2D eigenvalue weighted by Crippen LogP contribution is -2.51. The van der Waals surface area contributed by atoms with Crippen LogP contribution in [0.25, 0.3) is 0 Å². The molecule has 1 aliphatic heterocycles. The van der Waals surface area contributed by atoms with Crippen LogP contribution in [0.1, 0.15) is 31.7 Å². The summed E-state index contributed by atoms with van der Waals surface area (Å²) in [4.78, 5) is 29.6. The number of nitrogens with zero attached hydrogens (tertiary/aromatic N) is 2. The zero-order valence-electron chi connectivity index (χ0n) is 14.7. The van der Waals surface area contributed by atoms with E-state index in [4.69, 9.17) is 4.74 Å². The third-order valence-electron chi connectivity index (χ3n) is 4.35. The Balaban J connectivity index is 2.08. The fraction of sp³-hybridized carbons (Fsp3) is 0.647. The molecule has 0 spiro atoms. The Bertz CT molecular complexity index is 525. The summed E-state index contributed by atoms with van der Waals surface area (Å²) in [6, 6.07) is 4.00. The molecule has 24 heavy (non-hydrogen) atoms. The monoisotopic (exact) mass is 353 g/mol. The first-order chi connectivity index (χ1) is 11.6. The molecule has 1 aromatic heterocycles. The Kier molecular flexibility index (Phi) is 7.20. The molecular formula is C17H27N3O3S. The van der Waals surface area contributed by atoms with Gasteiger partial charge in [0.2, 0.25) is 0 Å². The van der Waals surface area contributed by atoms with Crippen molar-refractivity contribution < 1.29 is 14.3 Å². The number of amides is 2. The molecule has 7 heteroatoms. The molecule has 0 saturated carbocycles. The largest absolute Gasteiger partial charge is 0.379 e. The first kappa shape index (κ1) is 18.9. The van der Waals surface area contributed by atoms with E-state index in [2.05, 4.69) is 16.3 Å². The number of rotatable bonds is 6. The van der Waals surface area contributed by atoms with Crippen molar-refractivity contribution in [1.82, 2.24) is 15.1 Å². The van der Waals surface area contributed by atoms with Crippen molar-refractivity contribution in [3.63, 3.8) is 0 Å². The molecule has 1 aromatic rings. The Morgan fingerprint density at radius 3 is 2.54 bits per heavy atom. The summed E-state index contributed by atoms with van der Waals surface area (Å²) < 4.78 is 5.44. The van der Waals surface area contributed by atoms with E-state index in [1.807, 2.05) is 32.2 Å². The van der Waals surface area contributed by atoms with Crippen LogP contribution in [0.4, 0.5) is 0 Å². The summed E-state index contributed by atoms with van der Waals surface area (Å²) >= 11 is 1.67. The Hall–Kier alpha value is -1.44. The molecule has 1 N–H and O–H groups in total. The predicted molar refractivity (Wildman–Crippen MR) is 95.0 cm³/mol. The van der Waals surface area contributed by atoms with E-state index in [1.54, 1.807) is 11.3 Å². The van der Waals surface area contributed by atoms with Crippen molar-refractivity contribution in [2.45, 2.75) is 32.9 Å². The van der Waals surface area contributed by atoms with Crippen molar-refractivity contribution in [3.8, 4) is 0 Å². The summed E-state index contributed by atoms with van der Waals surface area (Å²) in [6.07, 6.45) is 0. The molecule has 0 aromatic carbocycles. The van der Waals surface area contributed by atoms with Gasteiger partial charge in [0, 0.05) is 37.1 Å². The van der Waals surface area contributed by atoms with Crippen molar-refractivity contribution in [3.05, 3.63) is 22.4 Å². The van der Waals surface area contributed by atoms with Gasteiger partial charge < -0.3 is 15.0 Å². The molecule has 1 aliphatic rings. The number of carbonyl (C=O) groups excluding carboxylic acids is 2. The van der Waals surface area contributed by atoms with E-state index >= 15 is 0 Å². The fourth-order valence-electron chi connectivity index (χ4n) is 3.06. The predicted octanol–water partition coefficient (Wildman–Crippen LogP) is 1.49. The van der Waals surface area contributed by atoms with E-state index in [9.17, 15) is 9.59 Å². The molecule has 134 valence electrons.